The van der Waals surface area contributed by atoms with Crippen molar-refractivity contribution in [1.29, 1.82) is 0 Å². The summed E-state index contributed by atoms with van der Waals surface area (Å²) in [7, 11) is 0. The fourth-order valence-corrected chi connectivity index (χ4v) is 3.26. The molecule has 0 spiro atoms. The Hall–Kier alpha value is -2.94. The highest BCUT2D eigenvalue weighted by molar-refractivity contribution is 14.1. The molecule has 0 aliphatic carbocycles. The average molecular weight is 504 g/mol. The Labute approximate surface area is 181 Å². The highest BCUT2D eigenvalue weighted by Crippen LogP contribution is 2.34. The van der Waals surface area contributed by atoms with Crippen LogP contribution in [0.15, 0.2) is 48.0 Å². The molecule has 0 bridgehead atoms. The van der Waals surface area contributed by atoms with Crippen LogP contribution in [0.25, 0.3) is 11.8 Å². The van der Waals surface area contributed by atoms with Gasteiger partial charge in [0.25, 0.3) is 0 Å². The maximum atomic E-state index is 12.3. The van der Waals surface area contributed by atoms with Crippen LogP contribution in [0.4, 0.5) is 0 Å². The van der Waals surface area contributed by atoms with Gasteiger partial charge in [0.2, 0.25) is 0 Å². The van der Waals surface area contributed by atoms with E-state index in [2.05, 4.69) is 0 Å². The normalized spacial score (nSPS) is 14.4. The van der Waals surface area contributed by atoms with E-state index in [0.717, 1.165) is 11.1 Å². The average Bonchev–Trinajstić information content (AvgIpc) is 2.99. The molecule has 7 heteroatoms. The maximum absolute atomic E-state index is 12.3. The van der Waals surface area contributed by atoms with Crippen LogP contribution >= 0.6 is 22.6 Å². The summed E-state index contributed by atoms with van der Waals surface area (Å²) < 4.78 is 16.4. The van der Waals surface area contributed by atoms with Crippen molar-refractivity contribution < 1.29 is 28.6 Å². The van der Waals surface area contributed by atoms with E-state index in [4.69, 9.17) is 14.2 Å². The number of hydrogen-bond acceptors (Lipinski definition) is 6. The third kappa shape index (κ3) is 5.11. The molecule has 6 nitrogen and oxygen atoms in total. The van der Waals surface area contributed by atoms with Crippen LogP contribution in [-0.4, -0.2) is 17.9 Å². The van der Waals surface area contributed by atoms with Gasteiger partial charge in [-0.25, -0.2) is 4.79 Å². The molecule has 0 aromatic heterocycles. The van der Waals surface area contributed by atoms with Crippen molar-refractivity contribution in [1.82, 2.24) is 0 Å². The Morgan fingerprint density at radius 2 is 1.62 bits per heavy atom. The minimum absolute atomic E-state index is 0.173. The van der Waals surface area contributed by atoms with Crippen molar-refractivity contribution in [3.05, 3.63) is 68.3 Å². The lowest BCUT2D eigenvalue weighted by molar-refractivity contribution is -0.132. The van der Waals surface area contributed by atoms with Gasteiger partial charge in [-0.2, -0.15) is 0 Å². The van der Waals surface area contributed by atoms with E-state index in [0.29, 0.717) is 20.5 Å². The molecule has 0 saturated carbocycles. The highest BCUT2D eigenvalue weighted by atomic mass is 127. The number of aryl methyl sites for hydroxylation is 1. The fraction of sp³-hybridized carbons (Fsp3) is 0.136. The Morgan fingerprint density at radius 1 is 1.00 bits per heavy atom. The number of benzene rings is 2. The van der Waals surface area contributed by atoms with Crippen molar-refractivity contribution in [2.45, 2.75) is 20.8 Å². The highest BCUT2D eigenvalue weighted by Gasteiger charge is 2.23. The summed E-state index contributed by atoms with van der Waals surface area (Å²) in [4.78, 5) is 35.1. The van der Waals surface area contributed by atoms with E-state index in [-0.39, 0.29) is 11.5 Å². The molecular formula is C22H17IO6. The van der Waals surface area contributed by atoms with Crippen LogP contribution in [0.5, 0.6) is 11.5 Å². The van der Waals surface area contributed by atoms with Crippen LogP contribution in [0, 0.1) is 10.5 Å². The van der Waals surface area contributed by atoms with E-state index in [9.17, 15) is 14.4 Å². The zero-order chi connectivity index (χ0) is 21.1. The Balaban J connectivity index is 2.02. The van der Waals surface area contributed by atoms with Gasteiger partial charge in [-0.1, -0.05) is 29.8 Å². The smallest absolute Gasteiger partial charge is 0.343 e. The Kier molecular flexibility index (Phi) is 6.17. The first-order valence-electron chi connectivity index (χ1n) is 8.66. The van der Waals surface area contributed by atoms with Gasteiger partial charge in [-0.15, -0.1) is 0 Å². The van der Waals surface area contributed by atoms with Crippen molar-refractivity contribution in [2.24, 2.45) is 0 Å². The van der Waals surface area contributed by atoms with Crippen LogP contribution in [0.3, 0.4) is 0 Å². The van der Waals surface area contributed by atoms with Crippen molar-refractivity contribution in [2.75, 3.05) is 0 Å². The molecule has 0 N–H and O–H groups in total. The van der Waals surface area contributed by atoms with Crippen LogP contribution in [0.1, 0.15) is 30.5 Å². The van der Waals surface area contributed by atoms with Crippen LogP contribution < -0.4 is 9.47 Å². The standard InChI is InChI=1S/C22H17IO6/c1-12-4-6-15(7-5-12)19-10-17(22(26)29-19)8-16-9-18(23)21(28-14(3)25)11-20(16)27-13(2)24/h4-11H,1-3H3/b17-8+. The van der Waals surface area contributed by atoms with Gasteiger partial charge in [-0.05, 0) is 47.7 Å². The molecule has 0 amide bonds. The van der Waals surface area contributed by atoms with Crippen molar-refractivity contribution >= 4 is 52.3 Å². The first-order chi connectivity index (χ1) is 13.7. The monoisotopic (exact) mass is 504 g/mol. The second kappa shape index (κ2) is 8.60. The number of esters is 3. The minimum atomic E-state index is -0.537. The molecule has 0 radical (unpaired) electrons. The maximum Gasteiger partial charge on any atom is 0.343 e. The van der Waals surface area contributed by atoms with E-state index in [1.807, 2.05) is 53.8 Å². The molecule has 2 aromatic rings. The lowest BCUT2D eigenvalue weighted by Gasteiger charge is -2.11. The largest absolute Gasteiger partial charge is 0.426 e. The Morgan fingerprint density at radius 3 is 2.24 bits per heavy atom. The Bertz CT molecular complexity index is 1060. The predicted molar refractivity (Wildman–Crippen MR) is 115 cm³/mol. The zero-order valence-corrected chi connectivity index (χ0v) is 18.1. The van der Waals surface area contributed by atoms with Gasteiger partial charge >= 0.3 is 17.9 Å². The number of halogens is 1. The van der Waals surface area contributed by atoms with Crippen LogP contribution in [-0.2, 0) is 19.1 Å². The second-order valence-electron chi connectivity index (χ2n) is 6.37. The topological polar surface area (TPSA) is 78.9 Å². The summed E-state index contributed by atoms with van der Waals surface area (Å²) in [5.41, 5.74) is 2.68. The first-order valence-corrected chi connectivity index (χ1v) is 9.74. The van der Waals surface area contributed by atoms with Gasteiger partial charge in [0.1, 0.15) is 17.3 Å². The van der Waals surface area contributed by atoms with Crippen molar-refractivity contribution in [3.63, 3.8) is 0 Å². The quantitative estimate of drug-likeness (QED) is 0.265. The molecule has 3 rings (SSSR count). The lowest BCUT2D eigenvalue weighted by atomic mass is 10.1. The molecule has 1 heterocycles. The van der Waals surface area contributed by atoms with Crippen LogP contribution in [0.2, 0.25) is 0 Å². The molecule has 148 valence electrons. The van der Waals surface area contributed by atoms with E-state index < -0.39 is 17.9 Å². The second-order valence-corrected chi connectivity index (χ2v) is 7.53. The third-order valence-corrected chi connectivity index (χ3v) is 4.79. The number of carbonyl (C=O) groups excluding carboxylic acids is 3. The molecule has 1 aliphatic heterocycles. The predicted octanol–water partition coefficient (Wildman–Crippen LogP) is 4.43. The summed E-state index contributed by atoms with van der Waals surface area (Å²) in [5, 5.41) is 0. The molecule has 0 atom stereocenters. The first kappa shape index (κ1) is 20.8. The lowest BCUT2D eigenvalue weighted by Crippen LogP contribution is -2.07. The van der Waals surface area contributed by atoms with E-state index in [1.54, 1.807) is 18.2 Å². The SMILES string of the molecule is CC(=O)Oc1cc(OC(C)=O)c(/C=C2\C=C(c3ccc(C)cc3)OC2=O)cc1I. The molecule has 0 unspecified atom stereocenters. The summed E-state index contributed by atoms with van der Waals surface area (Å²) in [5.74, 6) is -0.652. The summed E-state index contributed by atoms with van der Waals surface area (Å²) in [6.45, 7) is 4.52. The summed E-state index contributed by atoms with van der Waals surface area (Å²) >= 11 is 2.00. The van der Waals surface area contributed by atoms with Gasteiger partial charge in [0, 0.05) is 31.0 Å². The van der Waals surface area contributed by atoms with E-state index >= 15 is 0 Å². The fourth-order valence-electron chi connectivity index (χ4n) is 2.66. The third-order valence-electron chi connectivity index (χ3n) is 3.94. The molecule has 0 saturated heterocycles. The molecular weight excluding hydrogens is 487 g/mol. The van der Waals surface area contributed by atoms with Gasteiger partial charge in [-0.3, -0.25) is 9.59 Å². The molecule has 2 aromatic carbocycles. The number of rotatable bonds is 4. The number of hydrogen-bond donors (Lipinski definition) is 0. The van der Waals surface area contributed by atoms with E-state index in [1.165, 1.54) is 19.9 Å². The zero-order valence-electron chi connectivity index (χ0n) is 15.9. The summed E-state index contributed by atoms with van der Waals surface area (Å²) in [6, 6.07) is 10.7. The number of carbonyl (C=O) groups is 3. The van der Waals surface area contributed by atoms with Gasteiger partial charge < -0.3 is 14.2 Å². The van der Waals surface area contributed by atoms with Crippen molar-refractivity contribution in [3.8, 4) is 11.5 Å². The van der Waals surface area contributed by atoms with Gasteiger partial charge in [0.15, 0.2) is 0 Å². The molecule has 29 heavy (non-hydrogen) atoms. The summed E-state index contributed by atoms with van der Waals surface area (Å²) in [6.07, 6.45) is 3.21. The molecule has 0 fully saturated rings. The molecule has 1 aliphatic rings. The number of cyclic esters (lactones) is 1. The van der Waals surface area contributed by atoms with Gasteiger partial charge in [0.05, 0.1) is 9.14 Å². The minimum Gasteiger partial charge on any atom is -0.426 e. The number of ether oxygens (including phenoxy) is 3.